The molecule has 0 aliphatic carbocycles. The molecule has 1 aromatic carbocycles. The molecule has 0 saturated carbocycles. The number of nitrogens with one attached hydrogen (secondary N) is 1. The molecule has 1 amide bonds. The molecule has 3 heterocycles. The standard InChI is InChI=1S/C23H24F3N5O2/c1-16(30-11-8-23(25,26)19(13-30)17-6-9-31(33)10-7-17)22(32)28-21-14-29(15-27-21)12-18-4-2-3-5-20(18)24/h2-7,9-10,14-16,19H,8,11-13H2,1H3,(H,28,32)/t16-,19+/m0/s1. The van der Waals surface area contributed by atoms with Crippen LogP contribution in [0, 0.1) is 11.0 Å². The van der Waals surface area contributed by atoms with E-state index in [0.717, 1.165) is 0 Å². The van der Waals surface area contributed by atoms with Crippen LogP contribution in [0.25, 0.3) is 0 Å². The van der Waals surface area contributed by atoms with Gasteiger partial charge in [0.2, 0.25) is 5.91 Å². The van der Waals surface area contributed by atoms with E-state index in [4.69, 9.17) is 0 Å². The van der Waals surface area contributed by atoms with E-state index in [0.29, 0.717) is 21.7 Å². The van der Waals surface area contributed by atoms with Gasteiger partial charge in [-0.05, 0) is 18.6 Å². The van der Waals surface area contributed by atoms with Crippen molar-refractivity contribution in [2.45, 2.75) is 37.8 Å². The Morgan fingerprint density at radius 3 is 2.76 bits per heavy atom. The molecule has 1 aliphatic heterocycles. The van der Waals surface area contributed by atoms with E-state index in [1.54, 1.807) is 40.8 Å². The first-order valence-electron chi connectivity index (χ1n) is 10.6. The number of benzene rings is 1. The lowest BCUT2D eigenvalue weighted by molar-refractivity contribution is -0.605. The number of hydrogen-bond acceptors (Lipinski definition) is 4. The van der Waals surface area contributed by atoms with Crippen LogP contribution in [-0.4, -0.2) is 45.4 Å². The Kier molecular flexibility index (Phi) is 6.37. The Hall–Kier alpha value is -3.40. The number of carbonyl (C=O) groups excluding carboxylic acids is 1. The molecule has 3 aromatic rings. The maximum absolute atomic E-state index is 14.6. The van der Waals surface area contributed by atoms with Gasteiger partial charge in [0, 0.05) is 43.4 Å². The van der Waals surface area contributed by atoms with E-state index in [1.807, 2.05) is 0 Å². The SMILES string of the molecule is C[C@@H](C(=O)Nc1cn(Cc2ccccc2F)cn1)N1CCC(F)(F)[C@@H](c2cc[n+]([O-])cc2)C1. The molecule has 0 unspecified atom stereocenters. The lowest BCUT2D eigenvalue weighted by Crippen LogP contribution is -2.52. The van der Waals surface area contributed by atoms with E-state index in [1.165, 1.54) is 36.9 Å². The number of anilines is 1. The second kappa shape index (κ2) is 9.22. The van der Waals surface area contributed by atoms with Crippen molar-refractivity contribution in [1.82, 2.24) is 14.5 Å². The highest BCUT2D eigenvalue weighted by Crippen LogP contribution is 2.40. The summed E-state index contributed by atoms with van der Waals surface area (Å²) < 4.78 is 45.2. The summed E-state index contributed by atoms with van der Waals surface area (Å²) in [7, 11) is 0. The minimum Gasteiger partial charge on any atom is -0.619 e. The summed E-state index contributed by atoms with van der Waals surface area (Å²) in [4.78, 5) is 18.6. The van der Waals surface area contributed by atoms with E-state index < -0.39 is 24.3 Å². The molecule has 7 nitrogen and oxygen atoms in total. The van der Waals surface area contributed by atoms with Gasteiger partial charge in [-0.1, -0.05) is 18.2 Å². The highest BCUT2D eigenvalue weighted by atomic mass is 19.3. The summed E-state index contributed by atoms with van der Waals surface area (Å²) in [6.07, 6.45) is 5.07. The number of rotatable bonds is 6. The third-order valence-electron chi connectivity index (χ3n) is 6.01. The quantitative estimate of drug-likeness (QED) is 0.454. The second-order valence-corrected chi connectivity index (χ2v) is 8.24. The fraction of sp³-hybridized carbons (Fsp3) is 0.348. The van der Waals surface area contributed by atoms with Crippen LogP contribution < -0.4 is 10.0 Å². The number of hydrogen-bond donors (Lipinski definition) is 1. The van der Waals surface area contributed by atoms with E-state index in [9.17, 15) is 23.2 Å². The molecular weight excluding hydrogens is 435 g/mol. The van der Waals surface area contributed by atoms with Gasteiger partial charge in [0.25, 0.3) is 5.92 Å². The average molecular weight is 459 g/mol. The maximum atomic E-state index is 14.6. The monoisotopic (exact) mass is 459 g/mol. The van der Waals surface area contributed by atoms with Crippen LogP contribution in [-0.2, 0) is 11.3 Å². The fourth-order valence-electron chi connectivity index (χ4n) is 4.01. The summed E-state index contributed by atoms with van der Waals surface area (Å²) in [6.45, 7) is 1.96. The molecule has 1 aliphatic rings. The van der Waals surface area contributed by atoms with Crippen LogP contribution in [0.5, 0.6) is 0 Å². The van der Waals surface area contributed by atoms with E-state index >= 15 is 0 Å². The minimum atomic E-state index is -2.94. The highest BCUT2D eigenvalue weighted by molar-refractivity contribution is 5.93. The zero-order valence-corrected chi connectivity index (χ0v) is 18.0. The van der Waals surface area contributed by atoms with Crippen molar-refractivity contribution < 1.29 is 22.7 Å². The molecule has 1 fully saturated rings. The molecule has 10 heteroatoms. The van der Waals surface area contributed by atoms with Crippen LogP contribution in [0.2, 0.25) is 0 Å². The zero-order valence-electron chi connectivity index (χ0n) is 18.0. The van der Waals surface area contributed by atoms with Crippen LogP contribution in [0.3, 0.4) is 0 Å². The number of aromatic nitrogens is 3. The van der Waals surface area contributed by atoms with E-state index in [2.05, 4.69) is 10.3 Å². The summed E-state index contributed by atoms with van der Waals surface area (Å²) in [5.41, 5.74) is 0.848. The second-order valence-electron chi connectivity index (χ2n) is 8.24. The summed E-state index contributed by atoms with van der Waals surface area (Å²) >= 11 is 0. The van der Waals surface area contributed by atoms with Crippen LogP contribution in [0.4, 0.5) is 19.0 Å². The topological polar surface area (TPSA) is 77.1 Å². The molecule has 2 atom stereocenters. The lowest BCUT2D eigenvalue weighted by atomic mass is 9.87. The average Bonchev–Trinajstić information content (AvgIpc) is 3.22. The number of carbonyl (C=O) groups is 1. The van der Waals surface area contributed by atoms with Crippen molar-refractivity contribution in [1.29, 1.82) is 0 Å². The fourth-order valence-corrected chi connectivity index (χ4v) is 4.01. The summed E-state index contributed by atoms with van der Waals surface area (Å²) in [5.74, 6) is -4.47. The maximum Gasteiger partial charge on any atom is 0.257 e. The molecule has 33 heavy (non-hydrogen) atoms. The van der Waals surface area contributed by atoms with Gasteiger partial charge in [-0.25, -0.2) is 18.2 Å². The Balaban J connectivity index is 1.40. The van der Waals surface area contributed by atoms with Gasteiger partial charge in [-0.3, -0.25) is 9.69 Å². The normalized spacial score (nSPS) is 19.2. The molecular formula is C23H24F3N5O2. The molecule has 174 valence electrons. The van der Waals surface area contributed by atoms with Gasteiger partial charge in [-0.15, -0.1) is 0 Å². The van der Waals surface area contributed by atoms with Crippen molar-refractivity contribution in [3.05, 3.63) is 83.5 Å². The highest BCUT2D eigenvalue weighted by Gasteiger charge is 2.46. The third-order valence-corrected chi connectivity index (χ3v) is 6.01. The van der Waals surface area contributed by atoms with E-state index in [-0.39, 0.29) is 31.4 Å². The molecule has 0 radical (unpaired) electrons. The first kappa shape index (κ1) is 22.8. The Bertz CT molecular complexity index is 1120. The first-order valence-corrected chi connectivity index (χ1v) is 10.6. The van der Waals surface area contributed by atoms with Gasteiger partial charge < -0.3 is 15.1 Å². The zero-order chi connectivity index (χ0) is 23.6. The van der Waals surface area contributed by atoms with Crippen LogP contribution >= 0.6 is 0 Å². The Labute approximate surface area is 189 Å². The van der Waals surface area contributed by atoms with Crippen molar-refractivity contribution in [3.63, 3.8) is 0 Å². The van der Waals surface area contributed by atoms with Gasteiger partial charge in [0.1, 0.15) is 5.82 Å². The smallest absolute Gasteiger partial charge is 0.257 e. The Morgan fingerprint density at radius 2 is 2.03 bits per heavy atom. The van der Waals surface area contributed by atoms with Crippen LogP contribution in [0.1, 0.15) is 30.4 Å². The first-order chi connectivity index (χ1) is 15.7. The van der Waals surface area contributed by atoms with Gasteiger partial charge in [0.05, 0.1) is 24.8 Å². The number of amides is 1. The molecule has 1 saturated heterocycles. The van der Waals surface area contributed by atoms with Gasteiger partial charge >= 0.3 is 0 Å². The predicted molar refractivity (Wildman–Crippen MR) is 115 cm³/mol. The summed E-state index contributed by atoms with van der Waals surface area (Å²) in [5, 5.41) is 14.0. The van der Waals surface area contributed by atoms with Crippen molar-refractivity contribution >= 4 is 11.7 Å². The lowest BCUT2D eigenvalue weighted by Gasteiger charge is -2.40. The molecule has 2 aromatic heterocycles. The minimum absolute atomic E-state index is 0.0216. The molecule has 4 rings (SSSR count). The number of likely N-dealkylation sites (tertiary alicyclic amines) is 1. The molecule has 0 bridgehead atoms. The number of imidazole rings is 1. The van der Waals surface area contributed by atoms with Crippen molar-refractivity contribution in [3.8, 4) is 0 Å². The number of alkyl halides is 2. The molecule has 1 N–H and O–H groups in total. The van der Waals surface area contributed by atoms with Gasteiger partial charge in [0.15, 0.2) is 18.2 Å². The van der Waals surface area contributed by atoms with Crippen LogP contribution in [0.15, 0.2) is 61.3 Å². The number of nitrogens with zero attached hydrogens (tertiary/aromatic N) is 4. The molecule has 0 spiro atoms. The largest absolute Gasteiger partial charge is 0.619 e. The van der Waals surface area contributed by atoms with Crippen molar-refractivity contribution in [2.24, 2.45) is 0 Å². The third kappa shape index (κ3) is 5.16. The number of piperidine rings is 1. The predicted octanol–water partition coefficient (Wildman–Crippen LogP) is 3.16. The Morgan fingerprint density at radius 1 is 1.30 bits per heavy atom. The number of halogens is 3. The van der Waals surface area contributed by atoms with Gasteiger partial charge in [-0.2, -0.15) is 4.73 Å². The summed E-state index contributed by atoms with van der Waals surface area (Å²) in [6, 6.07) is 8.50. The van der Waals surface area contributed by atoms with Crippen molar-refractivity contribution in [2.75, 3.05) is 18.4 Å². The number of pyridine rings is 1.